The number of nitrogens with zero attached hydrogens (tertiary/aromatic N) is 2. The van der Waals surface area contributed by atoms with Crippen LogP contribution in [0.4, 0.5) is 5.69 Å². The van der Waals surface area contributed by atoms with Gasteiger partial charge in [-0.15, -0.1) is 0 Å². The summed E-state index contributed by atoms with van der Waals surface area (Å²) >= 11 is 12.5. The number of nitrogens with one attached hydrogen (secondary N) is 1. The first-order valence-corrected chi connectivity index (χ1v) is 15.5. The first kappa shape index (κ1) is 31.9. The Balaban J connectivity index is 2.30. The molecule has 1 N–H and O–H groups in total. The summed E-state index contributed by atoms with van der Waals surface area (Å²) in [7, 11) is -3.57. The number of hydrogen-bond donors (Lipinski definition) is 1. The zero-order chi connectivity index (χ0) is 28.6. The van der Waals surface area contributed by atoms with E-state index in [1.165, 1.54) is 9.21 Å². The fourth-order valence-electron chi connectivity index (χ4n) is 4.18. The van der Waals surface area contributed by atoms with Crippen molar-refractivity contribution in [2.75, 3.05) is 17.1 Å². The van der Waals surface area contributed by atoms with Crippen molar-refractivity contribution in [2.24, 2.45) is 0 Å². The van der Waals surface area contributed by atoms with Gasteiger partial charge in [-0.1, -0.05) is 55.2 Å². The second-order valence-corrected chi connectivity index (χ2v) is 12.4. The molecular weight excluding hydrogens is 545 g/mol. The Hall–Kier alpha value is -2.29. The number of anilines is 1. The molecular formula is C28H39Cl2N3O4S. The summed E-state index contributed by atoms with van der Waals surface area (Å²) in [5.74, 6) is -0.481. The van der Waals surface area contributed by atoms with Crippen LogP contribution in [0.2, 0.25) is 10.0 Å². The van der Waals surface area contributed by atoms with Gasteiger partial charge in [0.25, 0.3) is 0 Å². The molecule has 2 rings (SSSR count). The maximum atomic E-state index is 13.6. The van der Waals surface area contributed by atoms with Crippen molar-refractivity contribution in [3.8, 4) is 0 Å². The predicted molar refractivity (Wildman–Crippen MR) is 156 cm³/mol. The van der Waals surface area contributed by atoms with Gasteiger partial charge in [-0.05, 0) is 74.9 Å². The SMILES string of the molecule is CCC(C)NC(=O)C(CC)N(Cc1ccc(Cl)cc1Cl)C(=O)CCCN(c1cccc(C)c1C)S(C)(=O)=O. The number of aryl methyl sites for hydroxylation is 1. The molecule has 0 radical (unpaired) electrons. The number of halogens is 2. The van der Waals surface area contributed by atoms with Gasteiger partial charge in [-0.3, -0.25) is 13.9 Å². The van der Waals surface area contributed by atoms with E-state index in [4.69, 9.17) is 23.2 Å². The molecule has 0 aliphatic heterocycles. The van der Waals surface area contributed by atoms with Gasteiger partial charge in [-0.2, -0.15) is 0 Å². The molecule has 2 aromatic carbocycles. The monoisotopic (exact) mass is 583 g/mol. The molecule has 0 bridgehead atoms. The smallest absolute Gasteiger partial charge is 0.243 e. The van der Waals surface area contributed by atoms with E-state index < -0.39 is 16.1 Å². The van der Waals surface area contributed by atoms with Crippen LogP contribution >= 0.6 is 23.2 Å². The van der Waals surface area contributed by atoms with Crippen molar-refractivity contribution in [2.45, 2.75) is 78.9 Å². The molecule has 0 spiro atoms. The molecule has 0 saturated heterocycles. The molecule has 2 unspecified atom stereocenters. The third-order valence-electron chi connectivity index (χ3n) is 6.74. The number of benzene rings is 2. The van der Waals surface area contributed by atoms with E-state index in [1.807, 2.05) is 46.8 Å². The standard InChI is InChI=1S/C28H39Cl2N3O4S/c1-7-20(4)31-28(35)25(8-2)32(18-22-14-15-23(29)17-24(22)30)27(34)13-10-16-33(38(6,36)37)26-12-9-11-19(3)21(26)5/h9,11-12,14-15,17,20,25H,7-8,10,13,16,18H2,1-6H3,(H,31,35). The van der Waals surface area contributed by atoms with E-state index in [1.54, 1.807) is 24.3 Å². The minimum atomic E-state index is -3.57. The van der Waals surface area contributed by atoms with Crippen LogP contribution < -0.4 is 9.62 Å². The zero-order valence-corrected chi connectivity index (χ0v) is 25.4. The third kappa shape index (κ3) is 8.61. The predicted octanol–water partition coefficient (Wildman–Crippen LogP) is 5.88. The van der Waals surface area contributed by atoms with E-state index >= 15 is 0 Å². The molecule has 2 atom stereocenters. The van der Waals surface area contributed by atoms with E-state index in [0.29, 0.717) is 27.7 Å². The first-order chi connectivity index (χ1) is 17.8. The van der Waals surface area contributed by atoms with E-state index in [-0.39, 0.29) is 43.8 Å². The lowest BCUT2D eigenvalue weighted by atomic mass is 10.1. The second kappa shape index (κ2) is 14.2. The van der Waals surface area contributed by atoms with Crippen molar-refractivity contribution in [3.63, 3.8) is 0 Å². The highest BCUT2D eigenvalue weighted by molar-refractivity contribution is 7.92. The van der Waals surface area contributed by atoms with Crippen molar-refractivity contribution in [1.82, 2.24) is 10.2 Å². The lowest BCUT2D eigenvalue weighted by Crippen LogP contribution is -2.50. The first-order valence-electron chi connectivity index (χ1n) is 12.9. The quantitative estimate of drug-likeness (QED) is 0.319. The van der Waals surface area contributed by atoms with Crippen LogP contribution in [0.5, 0.6) is 0 Å². The summed E-state index contributed by atoms with van der Waals surface area (Å²) in [6.07, 6.45) is 2.69. The van der Waals surface area contributed by atoms with Crippen molar-refractivity contribution >= 4 is 50.7 Å². The molecule has 0 aliphatic rings. The Morgan fingerprint density at radius 3 is 2.32 bits per heavy atom. The molecule has 10 heteroatoms. The molecule has 0 aliphatic carbocycles. The molecule has 2 amide bonds. The molecule has 2 aromatic rings. The fourth-order valence-corrected chi connectivity index (χ4v) is 5.67. The molecule has 0 heterocycles. The fraction of sp³-hybridized carbons (Fsp3) is 0.500. The minimum Gasteiger partial charge on any atom is -0.352 e. The number of sulfonamides is 1. The average molecular weight is 585 g/mol. The van der Waals surface area contributed by atoms with Gasteiger partial charge in [0.05, 0.1) is 11.9 Å². The van der Waals surface area contributed by atoms with Gasteiger partial charge < -0.3 is 10.2 Å². The Kier molecular flexibility index (Phi) is 11.9. The number of rotatable bonds is 13. The topological polar surface area (TPSA) is 86.8 Å². The van der Waals surface area contributed by atoms with Crippen LogP contribution in [0.1, 0.15) is 63.1 Å². The Morgan fingerprint density at radius 2 is 1.74 bits per heavy atom. The number of carbonyl (C=O) groups is 2. The molecule has 210 valence electrons. The Morgan fingerprint density at radius 1 is 1.05 bits per heavy atom. The molecule has 0 saturated carbocycles. The minimum absolute atomic E-state index is 0.0338. The van der Waals surface area contributed by atoms with E-state index in [2.05, 4.69) is 5.32 Å². The zero-order valence-electron chi connectivity index (χ0n) is 23.1. The molecule has 0 fully saturated rings. The van der Waals surface area contributed by atoms with Crippen molar-refractivity contribution in [1.29, 1.82) is 0 Å². The highest BCUT2D eigenvalue weighted by atomic mass is 35.5. The van der Waals surface area contributed by atoms with Gasteiger partial charge in [0.1, 0.15) is 6.04 Å². The summed E-state index contributed by atoms with van der Waals surface area (Å²) in [6.45, 7) is 9.84. The van der Waals surface area contributed by atoms with E-state index in [0.717, 1.165) is 23.8 Å². The summed E-state index contributed by atoms with van der Waals surface area (Å²) < 4.78 is 26.6. The van der Waals surface area contributed by atoms with Gasteiger partial charge in [0.2, 0.25) is 21.8 Å². The lowest BCUT2D eigenvalue weighted by Gasteiger charge is -2.32. The van der Waals surface area contributed by atoms with Crippen LogP contribution in [0.25, 0.3) is 0 Å². The highest BCUT2D eigenvalue weighted by Gasteiger charge is 2.30. The average Bonchev–Trinajstić information content (AvgIpc) is 2.84. The van der Waals surface area contributed by atoms with E-state index in [9.17, 15) is 18.0 Å². The summed E-state index contributed by atoms with van der Waals surface area (Å²) in [6, 6.07) is 9.83. The molecule has 38 heavy (non-hydrogen) atoms. The number of hydrogen-bond acceptors (Lipinski definition) is 4. The maximum absolute atomic E-state index is 13.6. The van der Waals surface area contributed by atoms with Crippen LogP contribution in [0.15, 0.2) is 36.4 Å². The molecule has 0 aromatic heterocycles. The summed E-state index contributed by atoms with van der Waals surface area (Å²) in [5.41, 5.74) is 3.13. The summed E-state index contributed by atoms with van der Waals surface area (Å²) in [4.78, 5) is 28.3. The Labute approximate surface area is 237 Å². The second-order valence-electron chi connectivity index (χ2n) is 9.66. The third-order valence-corrected chi connectivity index (χ3v) is 8.51. The summed E-state index contributed by atoms with van der Waals surface area (Å²) in [5, 5.41) is 3.86. The number of carbonyl (C=O) groups excluding carboxylic acids is 2. The maximum Gasteiger partial charge on any atom is 0.243 e. The number of amides is 2. The van der Waals surface area contributed by atoms with Crippen molar-refractivity contribution in [3.05, 3.63) is 63.1 Å². The van der Waals surface area contributed by atoms with Crippen LogP contribution in [0.3, 0.4) is 0 Å². The highest BCUT2D eigenvalue weighted by Crippen LogP contribution is 2.27. The van der Waals surface area contributed by atoms with Crippen LogP contribution in [-0.2, 0) is 26.2 Å². The van der Waals surface area contributed by atoms with Crippen LogP contribution in [-0.4, -0.2) is 50.0 Å². The van der Waals surface area contributed by atoms with Gasteiger partial charge in [0.15, 0.2) is 0 Å². The largest absolute Gasteiger partial charge is 0.352 e. The Bertz CT molecular complexity index is 1240. The van der Waals surface area contributed by atoms with Gasteiger partial charge in [0, 0.05) is 35.6 Å². The van der Waals surface area contributed by atoms with Gasteiger partial charge in [-0.25, -0.2) is 8.42 Å². The normalized spacial score (nSPS) is 13.1. The van der Waals surface area contributed by atoms with Crippen molar-refractivity contribution < 1.29 is 18.0 Å². The van der Waals surface area contributed by atoms with Gasteiger partial charge >= 0.3 is 0 Å². The lowest BCUT2D eigenvalue weighted by molar-refractivity contribution is -0.141. The molecule has 7 nitrogen and oxygen atoms in total. The van der Waals surface area contributed by atoms with Crippen LogP contribution in [0, 0.1) is 13.8 Å².